The quantitative estimate of drug-likeness (QED) is 0.246. The summed E-state index contributed by atoms with van der Waals surface area (Å²) in [6, 6.07) is 10.1. The standard InChI is InChI=1S/C26H30N10O3/c1-6-24(37)29-17-14-19(22(39-5)15-21(17)35(4)12-11-34(2)3)30-26-28-10-9-23(31-26)36-20-8-7-16(25(27)38)13-18(20)32-33-36/h6-10,13-15H,1,11-12H2,2-5H3,(H2,27,38)(H,29,37)(H,28,30,31). The number of primary amides is 1. The fraction of sp³-hybridized carbons (Fsp3) is 0.231. The molecule has 2 heterocycles. The Bertz CT molecular complexity index is 1530. The normalized spacial score (nSPS) is 10.9. The smallest absolute Gasteiger partial charge is 0.248 e. The summed E-state index contributed by atoms with van der Waals surface area (Å²) >= 11 is 0. The van der Waals surface area contributed by atoms with E-state index in [-0.39, 0.29) is 11.9 Å². The molecular weight excluding hydrogens is 500 g/mol. The second kappa shape index (κ2) is 11.6. The molecule has 0 aliphatic carbocycles. The number of anilines is 4. The number of ether oxygens (including phenoxy) is 1. The summed E-state index contributed by atoms with van der Waals surface area (Å²) in [6.45, 7) is 5.09. The van der Waals surface area contributed by atoms with Gasteiger partial charge in [0.1, 0.15) is 11.3 Å². The number of likely N-dealkylation sites (N-methyl/N-ethyl adjacent to an activating group) is 2. The summed E-state index contributed by atoms with van der Waals surface area (Å²) < 4.78 is 7.19. The first kappa shape index (κ1) is 27.0. The molecule has 0 radical (unpaired) electrons. The van der Waals surface area contributed by atoms with Gasteiger partial charge in [0.25, 0.3) is 0 Å². The number of carbonyl (C=O) groups excluding carboxylic acids is 2. The SMILES string of the molecule is C=CC(=O)Nc1cc(Nc2nccc(-n3nnc4cc(C(N)=O)ccc43)n2)c(OC)cc1N(C)CCN(C)C. The molecule has 0 bridgehead atoms. The van der Waals surface area contributed by atoms with Crippen LogP contribution in [0.2, 0.25) is 0 Å². The molecule has 0 aliphatic rings. The lowest BCUT2D eigenvalue weighted by Gasteiger charge is -2.26. The van der Waals surface area contributed by atoms with Crippen molar-refractivity contribution >= 4 is 45.9 Å². The van der Waals surface area contributed by atoms with E-state index in [2.05, 4.69) is 42.4 Å². The van der Waals surface area contributed by atoms with Gasteiger partial charge in [0.05, 0.1) is 29.7 Å². The van der Waals surface area contributed by atoms with Crippen LogP contribution in [0.3, 0.4) is 0 Å². The van der Waals surface area contributed by atoms with E-state index in [1.54, 1.807) is 43.6 Å². The first-order valence-corrected chi connectivity index (χ1v) is 12.0. The number of carbonyl (C=O) groups is 2. The Kier molecular flexibility index (Phi) is 8.01. The van der Waals surface area contributed by atoms with Gasteiger partial charge in [-0.25, -0.2) is 4.98 Å². The lowest BCUT2D eigenvalue weighted by Crippen LogP contribution is -2.29. The number of nitrogens with zero attached hydrogens (tertiary/aromatic N) is 7. The third-order valence-corrected chi connectivity index (χ3v) is 5.89. The number of benzene rings is 2. The molecule has 202 valence electrons. The van der Waals surface area contributed by atoms with E-state index in [0.717, 1.165) is 18.8 Å². The molecule has 0 unspecified atom stereocenters. The van der Waals surface area contributed by atoms with Crippen molar-refractivity contribution in [3.63, 3.8) is 0 Å². The van der Waals surface area contributed by atoms with Crippen LogP contribution in [0.15, 0.2) is 55.3 Å². The maximum absolute atomic E-state index is 12.2. The zero-order valence-corrected chi connectivity index (χ0v) is 22.2. The maximum Gasteiger partial charge on any atom is 0.248 e. The molecule has 0 aliphatic heterocycles. The highest BCUT2D eigenvalue weighted by Crippen LogP contribution is 2.38. The van der Waals surface area contributed by atoms with Crippen LogP contribution in [0.1, 0.15) is 10.4 Å². The van der Waals surface area contributed by atoms with Crippen LogP contribution in [0.4, 0.5) is 23.0 Å². The first-order chi connectivity index (χ1) is 18.7. The molecule has 0 atom stereocenters. The zero-order chi connectivity index (χ0) is 28.1. The van der Waals surface area contributed by atoms with Gasteiger partial charge in [-0.3, -0.25) is 9.59 Å². The van der Waals surface area contributed by atoms with E-state index in [9.17, 15) is 9.59 Å². The number of hydrogen-bond acceptors (Lipinski definition) is 10. The Morgan fingerprint density at radius 2 is 1.92 bits per heavy atom. The molecule has 13 nitrogen and oxygen atoms in total. The minimum Gasteiger partial charge on any atom is -0.494 e. The van der Waals surface area contributed by atoms with Gasteiger partial charge in [-0.2, -0.15) is 9.67 Å². The molecule has 4 N–H and O–H groups in total. The third-order valence-electron chi connectivity index (χ3n) is 5.89. The molecule has 2 aromatic carbocycles. The predicted molar refractivity (Wildman–Crippen MR) is 150 cm³/mol. The highest BCUT2D eigenvalue weighted by molar-refractivity contribution is 6.02. The average Bonchev–Trinajstić information content (AvgIpc) is 3.35. The molecule has 2 aromatic heterocycles. The van der Waals surface area contributed by atoms with Crippen LogP contribution in [0.5, 0.6) is 5.75 Å². The van der Waals surface area contributed by atoms with E-state index in [1.807, 2.05) is 32.1 Å². The summed E-state index contributed by atoms with van der Waals surface area (Å²) in [7, 11) is 7.49. The fourth-order valence-electron chi connectivity index (χ4n) is 3.80. The lowest BCUT2D eigenvalue weighted by atomic mass is 10.2. The Morgan fingerprint density at radius 3 is 2.62 bits per heavy atom. The van der Waals surface area contributed by atoms with Crippen molar-refractivity contribution in [3.05, 3.63) is 60.8 Å². The van der Waals surface area contributed by atoms with Crippen LogP contribution < -0.4 is 26.0 Å². The van der Waals surface area contributed by atoms with Crippen LogP contribution in [-0.2, 0) is 4.79 Å². The van der Waals surface area contributed by atoms with E-state index in [1.165, 1.54) is 10.8 Å². The number of rotatable bonds is 11. The largest absolute Gasteiger partial charge is 0.494 e. The number of hydrogen-bond donors (Lipinski definition) is 3. The average molecular weight is 531 g/mol. The van der Waals surface area contributed by atoms with Crippen molar-refractivity contribution in [1.82, 2.24) is 29.9 Å². The van der Waals surface area contributed by atoms with E-state index in [0.29, 0.717) is 39.5 Å². The Morgan fingerprint density at radius 1 is 1.13 bits per heavy atom. The van der Waals surface area contributed by atoms with Gasteiger partial charge in [0.2, 0.25) is 17.8 Å². The number of nitrogens with two attached hydrogens (primary N) is 1. The Labute approximate surface area is 225 Å². The Hall–Kier alpha value is -5.04. The van der Waals surface area contributed by atoms with Crippen LogP contribution in [0.25, 0.3) is 16.9 Å². The molecule has 0 saturated carbocycles. The fourth-order valence-corrected chi connectivity index (χ4v) is 3.80. The molecular formula is C26H30N10O3. The summed E-state index contributed by atoms with van der Waals surface area (Å²) in [5.41, 5.74) is 8.72. The van der Waals surface area contributed by atoms with Gasteiger partial charge < -0.3 is 30.9 Å². The van der Waals surface area contributed by atoms with Crippen molar-refractivity contribution in [1.29, 1.82) is 0 Å². The number of aromatic nitrogens is 5. The molecule has 2 amide bonds. The minimum absolute atomic E-state index is 0.262. The minimum atomic E-state index is -0.549. The van der Waals surface area contributed by atoms with Crippen molar-refractivity contribution in [2.24, 2.45) is 5.73 Å². The Balaban J connectivity index is 1.69. The molecule has 0 fully saturated rings. The van der Waals surface area contributed by atoms with Crippen LogP contribution >= 0.6 is 0 Å². The molecule has 0 saturated heterocycles. The monoisotopic (exact) mass is 530 g/mol. The van der Waals surface area contributed by atoms with Gasteiger partial charge in [-0.1, -0.05) is 11.8 Å². The topological polar surface area (TPSA) is 156 Å². The molecule has 0 spiro atoms. The zero-order valence-electron chi connectivity index (χ0n) is 22.2. The number of fused-ring (bicyclic) bond motifs is 1. The van der Waals surface area contributed by atoms with E-state index in [4.69, 9.17) is 10.5 Å². The third kappa shape index (κ3) is 6.10. The molecule has 39 heavy (non-hydrogen) atoms. The van der Waals surface area contributed by atoms with Gasteiger partial charge in [0, 0.05) is 44.0 Å². The van der Waals surface area contributed by atoms with E-state index >= 15 is 0 Å². The highest BCUT2D eigenvalue weighted by Gasteiger charge is 2.17. The maximum atomic E-state index is 12.2. The van der Waals surface area contributed by atoms with Crippen molar-refractivity contribution in [2.45, 2.75) is 0 Å². The highest BCUT2D eigenvalue weighted by atomic mass is 16.5. The van der Waals surface area contributed by atoms with Gasteiger partial charge in [-0.15, -0.1) is 5.10 Å². The molecule has 13 heteroatoms. The van der Waals surface area contributed by atoms with Crippen molar-refractivity contribution in [3.8, 4) is 11.6 Å². The van der Waals surface area contributed by atoms with Crippen LogP contribution in [-0.4, -0.2) is 83.0 Å². The number of methoxy groups -OCH3 is 1. The molecule has 4 aromatic rings. The molecule has 4 rings (SSSR count). The number of nitrogens with one attached hydrogen (secondary N) is 2. The van der Waals surface area contributed by atoms with Crippen LogP contribution in [0, 0.1) is 0 Å². The number of amides is 2. The summed E-state index contributed by atoms with van der Waals surface area (Å²) in [6.07, 6.45) is 2.79. The van der Waals surface area contributed by atoms with Gasteiger partial charge in [-0.05, 0) is 44.4 Å². The lowest BCUT2D eigenvalue weighted by molar-refractivity contribution is -0.111. The van der Waals surface area contributed by atoms with E-state index < -0.39 is 5.91 Å². The van der Waals surface area contributed by atoms with Crippen molar-refractivity contribution < 1.29 is 14.3 Å². The summed E-state index contributed by atoms with van der Waals surface area (Å²) in [5, 5.41) is 14.3. The predicted octanol–water partition coefficient (Wildman–Crippen LogP) is 2.18. The first-order valence-electron chi connectivity index (χ1n) is 12.0. The van der Waals surface area contributed by atoms with Crippen molar-refractivity contribution in [2.75, 3.05) is 56.9 Å². The van der Waals surface area contributed by atoms with Gasteiger partial charge in [0.15, 0.2) is 5.82 Å². The second-order valence-corrected chi connectivity index (χ2v) is 8.92. The summed E-state index contributed by atoms with van der Waals surface area (Å²) in [5.74, 6) is 0.341. The van der Waals surface area contributed by atoms with Gasteiger partial charge >= 0.3 is 0 Å². The second-order valence-electron chi connectivity index (χ2n) is 8.92. The summed E-state index contributed by atoms with van der Waals surface area (Å²) in [4.78, 5) is 36.7.